The minimum Gasteiger partial charge on any atom is -0.479 e. The summed E-state index contributed by atoms with van der Waals surface area (Å²) < 4.78 is 0. The van der Waals surface area contributed by atoms with Gasteiger partial charge in [-0.2, -0.15) is 0 Å². The van der Waals surface area contributed by atoms with Gasteiger partial charge in [-0.3, -0.25) is 0 Å². The zero-order valence-electron chi connectivity index (χ0n) is 13.9. The van der Waals surface area contributed by atoms with Crippen molar-refractivity contribution in [3.05, 3.63) is 0 Å². The first-order valence-electron chi connectivity index (χ1n) is 8.79. The average molecular weight is 327 g/mol. The van der Waals surface area contributed by atoms with Crippen molar-refractivity contribution in [2.45, 2.75) is 70.5 Å². The standard InChI is InChI=1S/C17H29NO5/c1-2-3-4-5-12(19)7-6-11-8-13-14(17(11)22)9-15(13)18-23-10-16(20)21/h11-14,17,19,22H,2-10H2,1H3,(H,20,21)/b18-15-. The summed E-state index contributed by atoms with van der Waals surface area (Å²) in [5.41, 5.74) is 0.876. The highest BCUT2D eigenvalue weighted by Crippen LogP contribution is 2.49. The Labute approximate surface area is 137 Å². The van der Waals surface area contributed by atoms with Crippen molar-refractivity contribution >= 4 is 11.7 Å². The van der Waals surface area contributed by atoms with Crippen LogP contribution in [-0.2, 0) is 9.63 Å². The molecule has 2 aliphatic carbocycles. The first kappa shape index (κ1) is 18.2. The highest BCUT2D eigenvalue weighted by Gasteiger charge is 2.51. The lowest BCUT2D eigenvalue weighted by atomic mass is 9.73. The van der Waals surface area contributed by atoms with Gasteiger partial charge in [0.25, 0.3) is 0 Å². The number of aliphatic hydroxyl groups is 2. The summed E-state index contributed by atoms with van der Waals surface area (Å²) in [6.07, 6.45) is 6.77. The fourth-order valence-electron chi connectivity index (χ4n) is 3.85. The first-order valence-corrected chi connectivity index (χ1v) is 8.79. The van der Waals surface area contributed by atoms with E-state index in [1.807, 2.05) is 0 Å². The van der Waals surface area contributed by atoms with Gasteiger partial charge in [0.05, 0.1) is 17.9 Å². The molecule has 0 heterocycles. The molecule has 0 bridgehead atoms. The van der Waals surface area contributed by atoms with Crippen LogP contribution in [0.15, 0.2) is 5.16 Å². The van der Waals surface area contributed by atoms with E-state index < -0.39 is 12.6 Å². The third kappa shape index (κ3) is 4.91. The number of carboxylic acid groups (broad SMARTS) is 1. The molecule has 0 aromatic carbocycles. The molecule has 0 radical (unpaired) electrons. The summed E-state index contributed by atoms with van der Waals surface area (Å²) in [4.78, 5) is 15.2. The van der Waals surface area contributed by atoms with Gasteiger partial charge in [0.2, 0.25) is 6.61 Å². The van der Waals surface area contributed by atoms with Gasteiger partial charge in [-0.15, -0.1) is 0 Å². The Morgan fingerprint density at radius 2 is 2.17 bits per heavy atom. The number of unbranched alkanes of at least 4 members (excludes halogenated alkanes) is 2. The number of hydrogen-bond donors (Lipinski definition) is 3. The van der Waals surface area contributed by atoms with Crippen LogP contribution in [0.5, 0.6) is 0 Å². The summed E-state index contributed by atoms with van der Waals surface area (Å²) >= 11 is 0. The average Bonchev–Trinajstić information content (AvgIpc) is 2.73. The van der Waals surface area contributed by atoms with Gasteiger partial charge in [0, 0.05) is 5.92 Å². The third-order valence-corrected chi connectivity index (χ3v) is 5.25. The molecule has 2 saturated carbocycles. The first-order chi connectivity index (χ1) is 11.0. The summed E-state index contributed by atoms with van der Waals surface area (Å²) in [6, 6.07) is 0. The smallest absolute Gasteiger partial charge is 0.344 e. The van der Waals surface area contributed by atoms with Crippen molar-refractivity contribution in [3.63, 3.8) is 0 Å². The van der Waals surface area contributed by atoms with E-state index in [-0.39, 0.29) is 30.0 Å². The summed E-state index contributed by atoms with van der Waals surface area (Å²) in [5.74, 6) is -0.380. The molecule has 5 atom stereocenters. The van der Waals surface area contributed by atoms with Gasteiger partial charge in [-0.25, -0.2) is 4.79 Å². The van der Waals surface area contributed by atoms with E-state index in [0.29, 0.717) is 6.42 Å². The molecule has 132 valence electrons. The van der Waals surface area contributed by atoms with Crippen LogP contribution in [0, 0.1) is 17.8 Å². The summed E-state index contributed by atoms with van der Waals surface area (Å²) in [5, 5.41) is 32.8. The predicted octanol–water partition coefficient (Wildman–Crippen LogP) is 2.18. The maximum Gasteiger partial charge on any atom is 0.344 e. The van der Waals surface area contributed by atoms with Crippen LogP contribution in [0.3, 0.4) is 0 Å². The van der Waals surface area contributed by atoms with Gasteiger partial charge < -0.3 is 20.2 Å². The van der Waals surface area contributed by atoms with E-state index in [0.717, 1.165) is 50.7 Å². The zero-order valence-corrected chi connectivity index (χ0v) is 13.9. The molecule has 0 spiro atoms. The molecule has 6 nitrogen and oxygen atoms in total. The number of oxime groups is 1. The van der Waals surface area contributed by atoms with Crippen molar-refractivity contribution in [2.75, 3.05) is 6.61 Å². The molecule has 2 aliphatic rings. The molecular weight excluding hydrogens is 298 g/mol. The molecule has 0 saturated heterocycles. The minimum atomic E-state index is -1.04. The molecule has 3 N–H and O–H groups in total. The lowest BCUT2D eigenvalue weighted by molar-refractivity contribution is -0.142. The lowest BCUT2D eigenvalue weighted by Gasteiger charge is -2.33. The minimum absolute atomic E-state index is 0.206. The Morgan fingerprint density at radius 1 is 1.39 bits per heavy atom. The molecule has 0 aliphatic heterocycles. The van der Waals surface area contributed by atoms with Crippen LogP contribution in [-0.4, -0.2) is 45.8 Å². The second-order valence-corrected chi connectivity index (χ2v) is 6.94. The van der Waals surface area contributed by atoms with E-state index in [1.54, 1.807) is 0 Å². The molecule has 2 rings (SSSR count). The molecule has 2 fully saturated rings. The van der Waals surface area contributed by atoms with Crippen LogP contribution in [0.2, 0.25) is 0 Å². The molecule has 5 unspecified atom stereocenters. The molecule has 6 heteroatoms. The second-order valence-electron chi connectivity index (χ2n) is 6.94. The van der Waals surface area contributed by atoms with E-state index in [1.165, 1.54) is 0 Å². The Bertz CT molecular complexity index is 425. The zero-order chi connectivity index (χ0) is 16.8. The van der Waals surface area contributed by atoms with Crippen molar-refractivity contribution in [3.8, 4) is 0 Å². The molecule has 0 aromatic rings. The largest absolute Gasteiger partial charge is 0.479 e. The third-order valence-electron chi connectivity index (χ3n) is 5.25. The maximum atomic E-state index is 10.4. The van der Waals surface area contributed by atoms with Crippen LogP contribution in [0.1, 0.15) is 58.3 Å². The van der Waals surface area contributed by atoms with E-state index in [4.69, 9.17) is 9.94 Å². The number of aliphatic carboxylic acids is 1. The van der Waals surface area contributed by atoms with Gasteiger partial charge in [0.1, 0.15) is 0 Å². The number of rotatable bonds is 10. The van der Waals surface area contributed by atoms with Gasteiger partial charge in [-0.05, 0) is 43.9 Å². The number of nitrogens with zero attached hydrogens (tertiary/aromatic N) is 1. The summed E-state index contributed by atoms with van der Waals surface area (Å²) in [7, 11) is 0. The number of aliphatic hydroxyl groups excluding tert-OH is 2. The monoisotopic (exact) mass is 327 g/mol. The van der Waals surface area contributed by atoms with E-state index in [9.17, 15) is 15.0 Å². The number of carbonyl (C=O) groups is 1. The van der Waals surface area contributed by atoms with Gasteiger partial charge >= 0.3 is 5.97 Å². The van der Waals surface area contributed by atoms with E-state index in [2.05, 4.69) is 12.1 Å². The normalized spacial score (nSPS) is 32.4. The Balaban J connectivity index is 1.71. The van der Waals surface area contributed by atoms with Gasteiger partial charge in [0.15, 0.2) is 0 Å². The van der Waals surface area contributed by atoms with Crippen LogP contribution < -0.4 is 0 Å². The topological polar surface area (TPSA) is 99.4 Å². The van der Waals surface area contributed by atoms with Crippen molar-refractivity contribution in [2.24, 2.45) is 22.9 Å². The van der Waals surface area contributed by atoms with Crippen molar-refractivity contribution in [1.82, 2.24) is 0 Å². The summed E-state index contributed by atoms with van der Waals surface area (Å²) in [6.45, 7) is 1.73. The van der Waals surface area contributed by atoms with Crippen LogP contribution in [0.25, 0.3) is 0 Å². The number of fused-ring (bicyclic) bond motifs is 1. The fourth-order valence-corrected chi connectivity index (χ4v) is 3.85. The van der Waals surface area contributed by atoms with E-state index >= 15 is 0 Å². The highest BCUT2D eigenvalue weighted by molar-refractivity contribution is 5.93. The number of hydrogen-bond acceptors (Lipinski definition) is 5. The molecular formula is C17H29NO5. The number of carboxylic acids is 1. The SMILES string of the molecule is CCCCCC(O)CCC1CC2/C(=N\OCC(=O)O)CC2C1O. The van der Waals surface area contributed by atoms with Crippen molar-refractivity contribution in [1.29, 1.82) is 0 Å². The second kappa shape index (κ2) is 8.64. The fraction of sp³-hybridized carbons (Fsp3) is 0.882. The maximum absolute atomic E-state index is 10.4. The van der Waals surface area contributed by atoms with Gasteiger partial charge in [-0.1, -0.05) is 31.3 Å². The Kier molecular flexibility index (Phi) is 6.84. The highest BCUT2D eigenvalue weighted by atomic mass is 16.6. The van der Waals surface area contributed by atoms with Crippen molar-refractivity contribution < 1.29 is 25.0 Å². The molecule has 23 heavy (non-hydrogen) atoms. The Morgan fingerprint density at radius 3 is 2.87 bits per heavy atom. The predicted molar refractivity (Wildman–Crippen MR) is 86.1 cm³/mol. The Hall–Kier alpha value is -1.14. The molecule has 0 amide bonds. The quantitative estimate of drug-likeness (QED) is 0.422. The van der Waals surface area contributed by atoms with Crippen LogP contribution in [0.4, 0.5) is 0 Å². The van der Waals surface area contributed by atoms with Crippen LogP contribution >= 0.6 is 0 Å². The molecule has 0 aromatic heterocycles. The lowest BCUT2D eigenvalue weighted by Crippen LogP contribution is -2.38.